The molecule has 0 amide bonds. The minimum Gasteiger partial charge on any atom is -0.385 e. The summed E-state index contributed by atoms with van der Waals surface area (Å²) in [6.07, 6.45) is 1.52. The molecule has 3 heteroatoms. The lowest BCUT2D eigenvalue weighted by Gasteiger charge is -2.40. The molecule has 1 unspecified atom stereocenters. The molecule has 0 saturated carbocycles. The quantitative estimate of drug-likeness (QED) is 0.525. The van der Waals surface area contributed by atoms with Gasteiger partial charge >= 0.3 is 0 Å². The van der Waals surface area contributed by atoms with Gasteiger partial charge in [-0.25, -0.2) is 0 Å². The van der Waals surface area contributed by atoms with Crippen molar-refractivity contribution in [2.75, 3.05) is 17.2 Å². The number of hydrogen-bond donors (Lipinski definition) is 2. The third-order valence-corrected chi connectivity index (χ3v) is 6.36. The highest BCUT2D eigenvalue weighted by Gasteiger charge is 2.40. The summed E-state index contributed by atoms with van der Waals surface area (Å²) in [5.41, 5.74) is 6.73. The molecule has 152 valence electrons. The first-order chi connectivity index (χ1) is 14.5. The van der Waals surface area contributed by atoms with Crippen LogP contribution in [0, 0.1) is 5.41 Å². The molecule has 3 aromatic carbocycles. The van der Waals surface area contributed by atoms with Crippen molar-refractivity contribution < 1.29 is 4.79 Å². The normalized spacial score (nSPS) is 19.8. The van der Waals surface area contributed by atoms with Crippen molar-refractivity contribution in [2.45, 2.75) is 39.7 Å². The van der Waals surface area contributed by atoms with Gasteiger partial charge in [0.15, 0.2) is 5.78 Å². The molecule has 1 atom stereocenters. The van der Waals surface area contributed by atoms with Gasteiger partial charge in [-0.2, -0.15) is 0 Å². The van der Waals surface area contributed by atoms with Crippen molar-refractivity contribution >= 4 is 33.5 Å². The van der Waals surface area contributed by atoms with Crippen LogP contribution < -0.4 is 10.6 Å². The zero-order valence-corrected chi connectivity index (χ0v) is 17.9. The molecule has 0 saturated heterocycles. The largest absolute Gasteiger partial charge is 0.385 e. The number of carbonyl (C=O) groups is 1. The third-order valence-electron chi connectivity index (χ3n) is 6.36. The smallest absolute Gasteiger partial charge is 0.162 e. The number of nitrogens with one attached hydrogen (secondary N) is 2. The molecule has 3 nitrogen and oxygen atoms in total. The number of rotatable bonds is 3. The standard InChI is InChI=1S/C27H28N2O/c1-4-28-19-12-9-18(10-13-19)26-25-21(15-27(2,3)16-23(25)30)24-20-8-6-5-7-17(20)11-14-22(24)29-26/h5-14,26,28-29H,4,15-16H2,1-3H3. The Kier molecular flexibility index (Phi) is 4.43. The molecule has 0 aromatic heterocycles. The van der Waals surface area contributed by atoms with Crippen molar-refractivity contribution in [1.29, 1.82) is 0 Å². The van der Waals surface area contributed by atoms with Gasteiger partial charge in [-0.05, 0) is 58.9 Å². The van der Waals surface area contributed by atoms with E-state index in [9.17, 15) is 4.79 Å². The summed E-state index contributed by atoms with van der Waals surface area (Å²) in [4.78, 5) is 13.4. The Hall–Kier alpha value is -3.07. The number of benzene rings is 3. The predicted molar refractivity (Wildman–Crippen MR) is 126 cm³/mol. The van der Waals surface area contributed by atoms with E-state index in [2.05, 4.69) is 92.1 Å². The highest BCUT2D eigenvalue weighted by Crippen LogP contribution is 2.52. The second kappa shape index (κ2) is 7.02. The lowest BCUT2D eigenvalue weighted by molar-refractivity contribution is -0.118. The van der Waals surface area contributed by atoms with Gasteiger partial charge in [0.1, 0.15) is 0 Å². The van der Waals surface area contributed by atoms with E-state index in [1.165, 1.54) is 21.9 Å². The third kappa shape index (κ3) is 3.09. The highest BCUT2D eigenvalue weighted by molar-refractivity contribution is 6.12. The lowest BCUT2D eigenvalue weighted by Crippen LogP contribution is -2.33. The van der Waals surface area contributed by atoms with E-state index in [4.69, 9.17) is 0 Å². The maximum atomic E-state index is 13.4. The monoisotopic (exact) mass is 396 g/mol. The Morgan fingerprint density at radius 1 is 1.00 bits per heavy atom. The van der Waals surface area contributed by atoms with E-state index < -0.39 is 0 Å². The zero-order chi connectivity index (χ0) is 20.9. The second-order valence-electron chi connectivity index (χ2n) is 9.27. The summed E-state index contributed by atoms with van der Waals surface area (Å²) in [7, 11) is 0. The van der Waals surface area contributed by atoms with Crippen LogP contribution in [0.15, 0.2) is 66.2 Å². The summed E-state index contributed by atoms with van der Waals surface area (Å²) >= 11 is 0. The van der Waals surface area contributed by atoms with Crippen molar-refractivity contribution in [3.05, 3.63) is 77.4 Å². The van der Waals surface area contributed by atoms with Gasteiger partial charge in [0.05, 0.1) is 6.04 Å². The number of allylic oxidation sites excluding steroid dienone is 1. The minimum absolute atomic E-state index is 0.0269. The number of hydrogen-bond acceptors (Lipinski definition) is 3. The molecule has 30 heavy (non-hydrogen) atoms. The van der Waals surface area contributed by atoms with Gasteiger partial charge in [-0.3, -0.25) is 4.79 Å². The number of ketones is 1. The second-order valence-corrected chi connectivity index (χ2v) is 9.27. The fraction of sp³-hybridized carbons (Fsp3) is 0.296. The molecule has 2 aliphatic rings. The fourth-order valence-corrected chi connectivity index (χ4v) is 5.08. The van der Waals surface area contributed by atoms with Crippen LogP contribution in [0.25, 0.3) is 16.3 Å². The Morgan fingerprint density at radius 2 is 1.77 bits per heavy atom. The number of carbonyl (C=O) groups excluding carboxylic acids is 1. The average Bonchev–Trinajstić information content (AvgIpc) is 2.72. The van der Waals surface area contributed by atoms with E-state index in [0.717, 1.165) is 35.5 Å². The molecule has 0 fully saturated rings. The topological polar surface area (TPSA) is 41.1 Å². The van der Waals surface area contributed by atoms with Crippen molar-refractivity contribution in [3.63, 3.8) is 0 Å². The van der Waals surface area contributed by atoms with Crippen LogP contribution in [0.2, 0.25) is 0 Å². The van der Waals surface area contributed by atoms with Crippen LogP contribution in [0.1, 0.15) is 50.8 Å². The van der Waals surface area contributed by atoms with Crippen LogP contribution >= 0.6 is 0 Å². The Labute approximate surface area is 178 Å². The summed E-state index contributed by atoms with van der Waals surface area (Å²) < 4.78 is 0. The van der Waals surface area contributed by atoms with Crippen molar-refractivity contribution in [2.24, 2.45) is 5.41 Å². The summed E-state index contributed by atoms with van der Waals surface area (Å²) in [5, 5.41) is 9.51. The zero-order valence-electron chi connectivity index (χ0n) is 17.9. The van der Waals surface area contributed by atoms with E-state index in [1.807, 2.05) is 0 Å². The molecule has 1 heterocycles. The van der Waals surface area contributed by atoms with Crippen LogP contribution in [0.4, 0.5) is 11.4 Å². The Morgan fingerprint density at radius 3 is 2.53 bits per heavy atom. The number of Topliss-reactive ketones (excluding diaryl/α,β-unsaturated/α-hetero) is 1. The van der Waals surface area contributed by atoms with E-state index in [-0.39, 0.29) is 17.2 Å². The lowest BCUT2D eigenvalue weighted by atomic mass is 9.68. The first kappa shape index (κ1) is 18.9. The van der Waals surface area contributed by atoms with Crippen LogP contribution in [0.3, 0.4) is 0 Å². The molecular formula is C27H28N2O. The Balaban J connectivity index is 1.71. The molecule has 2 N–H and O–H groups in total. The van der Waals surface area contributed by atoms with E-state index in [0.29, 0.717) is 6.42 Å². The fourth-order valence-electron chi connectivity index (χ4n) is 5.08. The summed E-state index contributed by atoms with van der Waals surface area (Å²) in [5.74, 6) is 0.271. The number of fused-ring (bicyclic) bond motifs is 4. The molecule has 1 aliphatic heterocycles. The van der Waals surface area contributed by atoms with Gasteiger partial charge in [0.2, 0.25) is 0 Å². The van der Waals surface area contributed by atoms with Crippen LogP contribution in [-0.4, -0.2) is 12.3 Å². The molecular weight excluding hydrogens is 368 g/mol. The van der Waals surface area contributed by atoms with Crippen LogP contribution in [-0.2, 0) is 4.79 Å². The van der Waals surface area contributed by atoms with Gasteiger partial charge in [0.25, 0.3) is 0 Å². The minimum atomic E-state index is -0.104. The number of anilines is 2. The van der Waals surface area contributed by atoms with Crippen molar-refractivity contribution in [3.8, 4) is 0 Å². The summed E-state index contributed by atoms with van der Waals surface area (Å²) in [6.45, 7) is 7.41. The Bertz CT molecular complexity index is 1170. The first-order valence-corrected chi connectivity index (χ1v) is 10.9. The average molecular weight is 397 g/mol. The first-order valence-electron chi connectivity index (χ1n) is 10.9. The van der Waals surface area contributed by atoms with E-state index in [1.54, 1.807) is 0 Å². The molecule has 0 radical (unpaired) electrons. The van der Waals surface area contributed by atoms with Gasteiger partial charge in [0, 0.05) is 35.5 Å². The molecule has 0 bridgehead atoms. The van der Waals surface area contributed by atoms with Crippen LogP contribution in [0.5, 0.6) is 0 Å². The maximum absolute atomic E-state index is 13.4. The van der Waals surface area contributed by atoms with Gasteiger partial charge < -0.3 is 10.6 Å². The molecule has 3 aromatic rings. The molecule has 0 spiro atoms. The highest BCUT2D eigenvalue weighted by atomic mass is 16.1. The van der Waals surface area contributed by atoms with E-state index >= 15 is 0 Å². The maximum Gasteiger partial charge on any atom is 0.162 e. The molecule has 1 aliphatic carbocycles. The van der Waals surface area contributed by atoms with Crippen molar-refractivity contribution in [1.82, 2.24) is 0 Å². The summed E-state index contributed by atoms with van der Waals surface area (Å²) in [6, 6.07) is 21.2. The SMILES string of the molecule is CCNc1ccc(C2Nc3ccc4ccccc4c3C3=C2C(=O)CC(C)(C)C3)cc1. The predicted octanol–water partition coefficient (Wildman–Crippen LogP) is 6.58. The molecule has 5 rings (SSSR count). The van der Waals surface area contributed by atoms with Gasteiger partial charge in [-0.15, -0.1) is 0 Å². The van der Waals surface area contributed by atoms with Gasteiger partial charge in [-0.1, -0.05) is 56.3 Å².